The van der Waals surface area contributed by atoms with Crippen molar-refractivity contribution in [2.24, 2.45) is 0 Å². The van der Waals surface area contributed by atoms with E-state index >= 15 is 0 Å². The van der Waals surface area contributed by atoms with Crippen LogP contribution >= 0.6 is 11.3 Å². The Labute approximate surface area is 116 Å². The lowest BCUT2D eigenvalue weighted by Gasteiger charge is -2.07. The first-order chi connectivity index (χ1) is 9.42. The molecule has 1 aromatic heterocycles. The van der Waals surface area contributed by atoms with E-state index in [2.05, 4.69) is 24.3 Å². The molecule has 0 radical (unpaired) electrons. The Morgan fingerprint density at radius 3 is 2.47 bits per heavy atom. The van der Waals surface area contributed by atoms with Crippen LogP contribution in [0.25, 0.3) is 10.8 Å². The second kappa shape index (κ2) is 5.76. The summed E-state index contributed by atoms with van der Waals surface area (Å²) < 4.78 is 11.2. The fourth-order valence-corrected chi connectivity index (χ4v) is 2.50. The number of rotatable bonds is 5. The normalized spacial score (nSPS) is 10.5. The van der Waals surface area contributed by atoms with Crippen LogP contribution in [0.15, 0.2) is 60.0 Å². The summed E-state index contributed by atoms with van der Waals surface area (Å²) in [5.41, 5.74) is 0. The average molecular weight is 270 g/mol. The molecular formula is C16H14O2S. The molecule has 96 valence electrons. The van der Waals surface area contributed by atoms with E-state index in [9.17, 15) is 0 Å². The quantitative estimate of drug-likeness (QED) is 0.641. The molecule has 0 atom stereocenters. The largest absolute Gasteiger partial charge is 0.490 e. The fourth-order valence-electron chi connectivity index (χ4n) is 1.90. The molecule has 0 spiro atoms. The highest BCUT2D eigenvalue weighted by Gasteiger charge is 1.98. The van der Waals surface area contributed by atoms with Gasteiger partial charge >= 0.3 is 0 Å². The molecule has 0 fully saturated rings. The van der Waals surface area contributed by atoms with Gasteiger partial charge in [0.2, 0.25) is 0 Å². The van der Waals surface area contributed by atoms with Gasteiger partial charge in [0.25, 0.3) is 0 Å². The van der Waals surface area contributed by atoms with E-state index in [1.165, 1.54) is 10.8 Å². The molecule has 2 aromatic carbocycles. The Hall–Kier alpha value is -2.00. The van der Waals surface area contributed by atoms with E-state index in [1.54, 1.807) is 11.3 Å². The highest BCUT2D eigenvalue weighted by Crippen LogP contribution is 2.21. The van der Waals surface area contributed by atoms with Gasteiger partial charge in [0, 0.05) is 0 Å². The predicted octanol–water partition coefficient (Wildman–Crippen LogP) is 4.36. The van der Waals surface area contributed by atoms with Crippen LogP contribution in [-0.4, -0.2) is 13.2 Å². The molecular weight excluding hydrogens is 256 g/mol. The second-order valence-corrected chi connectivity index (χ2v) is 5.05. The molecule has 3 heteroatoms. The van der Waals surface area contributed by atoms with Gasteiger partial charge in [-0.2, -0.15) is 0 Å². The summed E-state index contributed by atoms with van der Waals surface area (Å²) in [7, 11) is 0. The molecule has 0 unspecified atom stereocenters. The van der Waals surface area contributed by atoms with Gasteiger partial charge in [0.15, 0.2) is 5.06 Å². The minimum atomic E-state index is 0.552. The van der Waals surface area contributed by atoms with E-state index in [1.807, 2.05) is 35.7 Å². The van der Waals surface area contributed by atoms with E-state index in [4.69, 9.17) is 9.47 Å². The molecule has 3 aromatic rings. The summed E-state index contributed by atoms with van der Waals surface area (Å²) in [6.45, 7) is 1.11. The number of fused-ring (bicyclic) bond motifs is 1. The van der Waals surface area contributed by atoms with Gasteiger partial charge in [-0.05, 0) is 40.4 Å². The Morgan fingerprint density at radius 2 is 1.63 bits per heavy atom. The first-order valence-electron chi connectivity index (χ1n) is 6.20. The zero-order valence-corrected chi connectivity index (χ0v) is 11.2. The predicted molar refractivity (Wildman–Crippen MR) is 79.3 cm³/mol. The van der Waals surface area contributed by atoms with Gasteiger partial charge < -0.3 is 9.47 Å². The number of benzene rings is 2. The summed E-state index contributed by atoms with van der Waals surface area (Å²) in [5, 5.41) is 5.35. The molecule has 0 saturated carbocycles. The molecule has 0 N–H and O–H groups in total. The highest BCUT2D eigenvalue weighted by atomic mass is 32.1. The summed E-state index contributed by atoms with van der Waals surface area (Å²) >= 11 is 1.59. The number of ether oxygens (including phenoxy) is 2. The maximum atomic E-state index is 5.69. The molecule has 2 nitrogen and oxygen atoms in total. The van der Waals surface area contributed by atoms with Crippen molar-refractivity contribution in [3.8, 4) is 10.8 Å². The lowest BCUT2D eigenvalue weighted by molar-refractivity contribution is 0.221. The molecule has 0 saturated heterocycles. The minimum absolute atomic E-state index is 0.552. The maximum Gasteiger partial charge on any atom is 0.173 e. The summed E-state index contributed by atoms with van der Waals surface area (Å²) in [5.74, 6) is 0.883. The SMILES string of the molecule is c1csc(OCCOc2ccc3ccccc3c2)c1. The average Bonchev–Trinajstić information content (AvgIpc) is 2.97. The second-order valence-electron chi connectivity index (χ2n) is 4.14. The van der Waals surface area contributed by atoms with Crippen molar-refractivity contribution >= 4 is 22.1 Å². The molecule has 3 rings (SSSR count). The topological polar surface area (TPSA) is 18.5 Å². The first-order valence-corrected chi connectivity index (χ1v) is 7.08. The van der Waals surface area contributed by atoms with Crippen LogP contribution in [0, 0.1) is 0 Å². The lowest BCUT2D eigenvalue weighted by Crippen LogP contribution is -2.08. The van der Waals surface area contributed by atoms with Crippen molar-refractivity contribution in [3.05, 3.63) is 60.0 Å². The van der Waals surface area contributed by atoms with E-state index < -0.39 is 0 Å². The molecule has 19 heavy (non-hydrogen) atoms. The third kappa shape index (κ3) is 3.06. The van der Waals surface area contributed by atoms with Crippen molar-refractivity contribution in [2.45, 2.75) is 0 Å². The van der Waals surface area contributed by atoms with Crippen LogP contribution in [0.3, 0.4) is 0 Å². The van der Waals surface area contributed by atoms with Crippen LogP contribution in [0.4, 0.5) is 0 Å². The Kier molecular flexibility index (Phi) is 3.65. The molecule has 0 aliphatic rings. The maximum absolute atomic E-state index is 5.69. The zero-order valence-electron chi connectivity index (χ0n) is 10.4. The standard InChI is InChI=1S/C16H14O2S/c1-2-5-14-12-15(8-7-13(14)4-1)17-9-10-18-16-6-3-11-19-16/h1-8,11-12H,9-10H2. The van der Waals surface area contributed by atoms with Gasteiger partial charge in [0.1, 0.15) is 19.0 Å². The molecule has 0 bridgehead atoms. The van der Waals surface area contributed by atoms with Gasteiger partial charge in [-0.1, -0.05) is 30.3 Å². The van der Waals surface area contributed by atoms with E-state index in [-0.39, 0.29) is 0 Å². The van der Waals surface area contributed by atoms with Crippen molar-refractivity contribution in [1.82, 2.24) is 0 Å². The third-order valence-corrected chi connectivity index (χ3v) is 3.59. The van der Waals surface area contributed by atoms with Gasteiger partial charge in [-0.3, -0.25) is 0 Å². The Bertz CT molecular complexity index is 647. The number of hydrogen-bond acceptors (Lipinski definition) is 3. The summed E-state index contributed by atoms with van der Waals surface area (Å²) in [6.07, 6.45) is 0. The minimum Gasteiger partial charge on any atom is -0.490 e. The van der Waals surface area contributed by atoms with Crippen LogP contribution < -0.4 is 9.47 Å². The third-order valence-electron chi connectivity index (χ3n) is 2.81. The molecule has 1 heterocycles. The van der Waals surface area contributed by atoms with Gasteiger partial charge in [-0.25, -0.2) is 0 Å². The Morgan fingerprint density at radius 1 is 0.789 bits per heavy atom. The summed E-state index contributed by atoms with van der Waals surface area (Å²) in [6, 6.07) is 18.3. The van der Waals surface area contributed by atoms with Crippen LogP contribution in [-0.2, 0) is 0 Å². The van der Waals surface area contributed by atoms with Crippen molar-refractivity contribution in [2.75, 3.05) is 13.2 Å². The first kappa shape index (κ1) is 12.1. The van der Waals surface area contributed by atoms with Gasteiger partial charge in [-0.15, -0.1) is 11.3 Å². The van der Waals surface area contributed by atoms with Crippen LogP contribution in [0.1, 0.15) is 0 Å². The molecule has 0 aliphatic heterocycles. The van der Waals surface area contributed by atoms with Crippen LogP contribution in [0.5, 0.6) is 10.8 Å². The Balaban J connectivity index is 1.56. The number of thiophene rings is 1. The van der Waals surface area contributed by atoms with E-state index in [0.717, 1.165) is 10.8 Å². The number of hydrogen-bond donors (Lipinski definition) is 0. The highest BCUT2D eigenvalue weighted by molar-refractivity contribution is 7.11. The fraction of sp³-hybridized carbons (Fsp3) is 0.125. The van der Waals surface area contributed by atoms with Crippen molar-refractivity contribution in [1.29, 1.82) is 0 Å². The van der Waals surface area contributed by atoms with Crippen molar-refractivity contribution in [3.63, 3.8) is 0 Å². The van der Waals surface area contributed by atoms with Crippen LogP contribution in [0.2, 0.25) is 0 Å². The smallest absolute Gasteiger partial charge is 0.173 e. The van der Waals surface area contributed by atoms with Gasteiger partial charge in [0.05, 0.1) is 0 Å². The zero-order chi connectivity index (χ0) is 12.9. The van der Waals surface area contributed by atoms with E-state index in [0.29, 0.717) is 13.2 Å². The molecule has 0 amide bonds. The lowest BCUT2D eigenvalue weighted by atomic mass is 10.1. The van der Waals surface area contributed by atoms with Crippen molar-refractivity contribution < 1.29 is 9.47 Å². The monoisotopic (exact) mass is 270 g/mol. The summed E-state index contributed by atoms with van der Waals surface area (Å²) in [4.78, 5) is 0. The molecule has 0 aliphatic carbocycles.